The molecule has 1 aliphatic heterocycles. The second kappa shape index (κ2) is 6.65. The van der Waals surface area contributed by atoms with Crippen LogP contribution in [0.4, 0.5) is 11.4 Å². The molecular formula is C16H18ClN5O2S. The molecule has 1 aromatic carbocycles. The van der Waals surface area contributed by atoms with Crippen molar-refractivity contribution >= 4 is 32.8 Å². The van der Waals surface area contributed by atoms with Crippen molar-refractivity contribution in [2.45, 2.75) is 23.7 Å². The molecule has 1 aromatic heterocycles. The van der Waals surface area contributed by atoms with Gasteiger partial charge in [-0.3, -0.25) is 0 Å². The Balaban J connectivity index is 1.86. The highest BCUT2D eigenvalue weighted by Gasteiger charge is 2.27. The van der Waals surface area contributed by atoms with E-state index in [9.17, 15) is 8.42 Å². The summed E-state index contributed by atoms with van der Waals surface area (Å²) in [6.07, 6.45) is 4.54. The fraction of sp³-hybridized carbons (Fsp3) is 0.438. The van der Waals surface area contributed by atoms with E-state index in [0.717, 1.165) is 38.0 Å². The molecule has 2 heterocycles. The number of hydrogen-bond acceptors (Lipinski definition) is 5. The van der Waals surface area contributed by atoms with Crippen molar-refractivity contribution in [2.75, 3.05) is 24.2 Å². The highest BCUT2D eigenvalue weighted by atomic mass is 35.5. The molecule has 0 amide bonds. The van der Waals surface area contributed by atoms with Crippen molar-refractivity contribution in [1.82, 2.24) is 14.8 Å². The fourth-order valence-electron chi connectivity index (χ4n) is 3.20. The van der Waals surface area contributed by atoms with Crippen LogP contribution in [-0.4, -0.2) is 42.5 Å². The van der Waals surface area contributed by atoms with Crippen molar-refractivity contribution in [3.8, 4) is 0 Å². The maximum Gasteiger partial charge on any atom is 0.212 e. The number of aryl methyl sites for hydroxylation is 1. The van der Waals surface area contributed by atoms with E-state index in [-0.39, 0.29) is 10.6 Å². The number of sulfone groups is 1. The lowest BCUT2D eigenvalue weighted by atomic mass is 9.95. The molecule has 1 fully saturated rings. The first-order valence-corrected chi connectivity index (χ1v) is 10.1. The van der Waals surface area contributed by atoms with Crippen LogP contribution >= 0.6 is 11.6 Å². The Bertz CT molecular complexity index is 940. The SMILES string of the molecule is [C-]#[N+]c1cc(S(C)(=O)=O)cc(Cl)c1N1CCC(c2nncn2C)CC1. The van der Waals surface area contributed by atoms with E-state index in [2.05, 4.69) is 19.9 Å². The van der Waals surface area contributed by atoms with Crippen LogP contribution in [0.2, 0.25) is 5.02 Å². The average Bonchev–Trinajstić information content (AvgIpc) is 2.99. The molecule has 0 spiro atoms. The molecule has 9 heteroatoms. The Hall–Kier alpha value is -2.11. The molecule has 0 saturated carbocycles. The Morgan fingerprint density at radius 3 is 2.52 bits per heavy atom. The van der Waals surface area contributed by atoms with Gasteiger partial charge in [0.1, 0.15) is 12.2 Å². The van der Waals surface area contributed by atoms with Gasteiger partial charge in [-0.25, -0.2) is 13.3 Å². The molecule has 7 nitrogen and oxygen atoms in total. The molecule has 0 radical (unpaired) electrons. The third kappa shape index (κ3) is 3.48. The molecule has 1 saturated heterocycles. The first-order chi connectivity index (χ1) is 11.8. The lowest BCUT2D eigenvalue weighted by Gasteiger charge is -2.34. The zero-order chi connectivity index (χ0) is 18.2. The number of halogens is 1. The van der Waals surface area contributed by atoms with Crippen LogP contribution in [0, 0.1) is 6.57 Å². The summed E-state index contributed by atoms with van der Waals surface area (Å²) < 4.78 is 25.4. The lowest BCUT2D eigenvalue weighted by Crippen LogP contribution is -2.33. The normalized spacial score (nSPS) is 16.0. The highest BCUT2D eigenvalue weighted by Crippen LogP contribution is 2.41. The minimum Gasteiger partial charge on any atom is -0.379 e. The number of piperidine rings is 1. The maximum absolute atomic E-state index is 11.8. The summed E-state index contributed by atoms with van der Waals surface area (Å²) in [5.74, 6) is 1.28. The summed E-state index contributed by atoms with van der Waals surface area (Å²) in [4.78, 5) is 5.62. The van der Waals surface area contributed by atoms with Gasteiger partial charge in [0.05, 0.1) is 22.2 Å². The van der Waals surface area contributed by atoms with E-state index in [0.29, 0.717) is 16.6 Å². The molecule has 132 valence electrons. The molecule has 0 bridgehead atoms. The largest absolute Gasteiger partial charge is 0.379 e. The smallest absolute Gasteiger partial charge is 0.212 e. The summed E-state index contributed by atoms with van der Waals surface area (Å²) in [5.41, 5.74) is 0.880. The molecule has 25 heavy (non-hydrogen) atoms. The van der Waals surface area contributed by atoms with Crippen LogP contribution in [0.15, 0.2) is 23.4 Å². The fourth-order valence-corrected chi connectivity index (χ4v) is 4.25. The van der Waals surface area contributed by atoms with Crippen LogP contribution in [0.25, 0.3) is 4.85 Å². The van der Waals surface area contributed by atoms with E-state index in [1.807, 2.05) is 11.6 Å². The summed E-state index contributed by atoms with van der Waals surface area (Å²) in [5, 5.41) is 8.41. The summed E-state index contributed by atoms with van der Waals surface area (Å²) in [6.45, 7) is 8.85. The Kier molecular flexibility index (Phi) is 4.71. The van der Waals surface area contributed by atoms with Gasteiger partial charge >= 0.3 is 0 Å². The first-order valence-electron chi connectivity index (χ1n) is 7.81. The van der Waals surface area contributed by atoms with Gasteiger partial charge in [-0.15, -0.1) is 10.2 Å². The topological polar surface area (TPSA) is 72.5 Å². The number of anilines is 1. The van der Waals surface area contributed by atoms with Gasteiger partial charge in [0.15, 0.2) is 9.84 Å². The summed E-state index contributed by atoms with van der Waals surface area (Å²) in [7, 11) is -1.48. The Labute approximate surface area is 152 Å². The number of benzene rings is 1. The van der Waals surface area contributed by atoms with Gasteiger partial charge in [0.25, 0.3) is 0 Å². The molecule has 0 aliphatic carbocycles. The minimum absolute atomic E-state index is 0.0706. The van der Waals surface area contributed by atoms with E-state index in [1.165, 1.54) is 12.1 Å². The van der Waals surface area contributed by atoms with Crippen LogP contribution in [0.5, 0.6) is 0 Å². The Morgan fingerprint density at radius 1 is 1.32 bits per heavy atom. The molecular weight excluding hydrogens is 362 g/mol. The monoisotopic (exact) mass is 379 g/mol. The molecule has 0 N–H and O–H groups in total. The van der Waals surface area contributed by atoms with Crippen molar-refractivity contribution in [3.63, 3.8) is 0 Å². The van der Waals surface area contributed by atoms with Crippen molar-refractivity contribution in [3.05, 3.63) is 40.7 Å². The predicted octanol–water partition coefficient (Wildman–Crippen LogP) is 2.81. The van der Waals surface area contributed by atoms with E-state index in [1.54, 1.807) is 6.33 Å². The summed E-state index contributed by atoms with van der Waals surface area (Å²) in [6, 6.07) is 2.83. The van der Waals surface area contributed by atoms with Crippen molar-refractivity contribution in [1.29, 1.82) is 0 Å². The van der Waals surface area contributed by atoms with E-state index in [4.69, 9.17) is 18.2 Å². The second-order valence-corrected chi connectivity index (χ2v) is 8.64. The van der Waals surface area contributed by atoms with Gasteiger partial charge in [0, 0.05) is 32.3 Å². The number of aromatic nitrogens is 3. The third-order valence-electron chi connectivity index (χ3n) is 4.49. The molecule has 0 atom stereocenters. The Morgan fingerprint density at radius 2 is 2.00 bits per heavy atom. The average molecular weight is 380 g/mol. The van der Waals surface area contributed by atoms with E-state index < -0.39 is 9.84 Å². The minimum atomic E-state index is -3.41. The quantitative estimate of drug-likeness (QED) is 0.767. The standard InChI is InChI=1S/C16H18ClN5O2S/c1-18-14-9-12(25(3,23)24)8-13(17)15(14)22-6-4-11(5-7-22)16-20-19-10-21(16)2/h8-11H,4-7H2,2-3H3. The molecule has 1 aliphatic rings. The zero-order valence-corrected chi connectivity index (χ0v) is 15.5. The molecule has 3 rings (SSSR count). The van der Waals surface area contributed by atoms with Gasteiger partial charge in [0.2, 0.25) is 5.69 Å². The van der Waals surface area contributed by atoms with Gasteiger partial charge < -0.3 is 9.47 Å². The summed E-state index contributed by atoms with van der Waals surface area (Å²) >= 11 is 6.34. The number of nitrogens with zero attached hydrogens (tertiary/aromatic N) is 5. The van der Waals surface area contributed by atoms with Gasteiger partial charge in [-0.2, -0.15) is 0 Å². The third-order valence-corrected chi connectivity index (χ3v) is 5.87. The zero-order valence-electron chi connectivity index (χ0n) is 14.0. The van der Waals surface area contributed by atoms with Gasteiger partial charge in [-0.1, -0.05) is 11.6 Å². The second-order valence-electron chi connectivity index (χ2n) is 6.22. The van der Waals surface area contributed by atoms with Crippen LogP contribution < -0.4 is 4.90 Å². The number of rotatable bonds is 3. The molecule has 2 aromatic rings. The van der Waals surface area contributed by atoms with Crippen molar-refractivity contribution < 1.29 is 8.42 Å². The van der Waals surface area contributed by atoms with Crippen molar-refractivity contribution in [2.24, 2.45) is 7.05 Å². The van der Waals surface area contributed by atoms with Crippen LogP contribution in [0.3, 0.4) is 0 Å². The first kappa shape index (κ1) is 17.7. The van der Waals surface area contributed by atoms with E-state index >= 15 is 0 Å². The van der Waals surface area contributed by atoms with Crippen LogP contribution in [0.1, 0.15) is 24.6 Å². The van der Waals surface area contributed by atoms with Crippen LogP contribution in [-0.2, 0) is 16.9 Å². The van der Waals surface area contributed by atoms with Gasteiger partial charge in [-0.05, 0) is 25.0 Å². The highest BCUT2D eigenvalue weighted by molar-refractivity contribution is 7.90. The number of hydrogen-bond donors (Lipinski definition) is 0. The molecule has 0 unspecified atom stereocenters. The lowest BCUT2D eigenvalue weighted by molar-refractivity contribution is 0.474. The maximum atomic E-state index is 11.8. The predicted molar refractivity (Wildman–Crippen MR) is 96.0 cm³/mol.